The summed E-state index contributed by atoms with van der Waals surface area (Å²) in [5.74, 6) is 0.540. The average Bonchev–Trinajstić information content (AvgIpc) is 2.39. The van der Waals surface area contributed by atoms with E-state index in [1.54, 1.807) is 36.0 Å². The zero-order valence-electron chi connectivity index (χ0n) is 10.9. The van der Waals surface area contributed by atoms with E-state index in [0.717, 1.165) is 4.90 Å². The second-order valence-electron chi connectivity index (χ2n) is 4.49. The highest BCUT2D eigenvalue weighted by atomic mass is 35.5. The third kappa shape index (κ3) is 3.85. The minimum Gasteiger partial charge on any atom is -0.293 e. The molecule has 0 aliphatic rings. The first-order chi connectivity index (χ1) is 9.06. The molecule has 0 unspecified atom stereocenters. The predicted molar refractivity (Wildman–Crippen MR) is 82.4 cm³/mol. The highest BCUT2D eigenvalue weighted by Crippen LogP contribution is 2.24. The van der Waals surface area contributed by atoms with E-state index in [9.17, 15) is 4.79 Å². The number of thioether (sulfide) groups is 1. The van der Waals surface area contributed by atoms with Crippen molar-refractivity contribution in [3.05, 3.63) is 64.2 Å². The van der Waals surface area contributed by atoms with Gasteiger partial charge in [-0.1, -0.05) is 41.4 Å². The maximum atomic E-state index is 12.1. The quantitative estimate of drug-likeness (QED) is 0.586. The smallest absolute Gasteiger partial charge is 0.173 e. The van der Waals surface area contributed by atoms with Crippen LogP contribution in [-0.2, 0) is 0 Å². The highest BCUT2D eigenvalue weighted by molar-refractivity contribution is 8.00. The van der Waals surface area contributed by atoms with Gasteiger partial charge in [0.05, 0.1) is 5.75 Å². The Morgan fingerprint density at radius 1 is 1.16 bits per heavy atom. The van der Waals surface area contributed by atoms with Crippen LogP contribution in [0.1, 0.15) is 21.5 Å². The molecule has 0 atom stereocenters. The van der Waals surface area contributed by atoms with Crippen LogP contribution in [0.4, 0.5) is 0 Å². The SMILES string of the molecule is Cc1ccc(C)c(SCC(=O)c2cccc(Cl)c2)c1. The van der Waals surface area contributed by atoms with Gasteiger partial charge in [-0.2, -0.15) is 0 Å². The first-order valence-corrected chi connectivity index (χ1v) is 7.41. The fourth-order valence-corrected chi connectivity index (χ4v) is 2.96. The van der Waals surface area contributed by atoms with Gasteiger partial charge in [0, 0.05) is 15.5 Å². The number of Topliss-reactive ketones (excluding diaryl/α,β-unsaturated/α-hetero) is 1. The first kappa shape index (κ1) is 14.2. The number of carbonyl (C=O) groups is 1. The van der Waals surface area contributed by atoms with Crippen molar-refractivity contribution < 1.29 is 4.79 Å². The molecule has 2 aromatic carbocycles. The lowest BCUT2D eigenvalue weighted by atomic mass is 10.1. The second kappa shape index (κ2) is 6.27. The molecule has 98 valence electrons. The minimum absolute atomic E-state index is 0.105. The third-order valence-electron chi connectivity index (χ3n) is 2.85. The number of ketones is 1. The molecule has 0 spiro atoms. The Balaban J connectivity index is 2.06. The van der Waals surface area contributed by atoms with Gasteiger partial charge in [-0.25, -0.2) is 0 Å². The largest absolute Gasteiger partial charge is 0.293 e. The van der Waals surface area contributed by atoms with Crippen molar-refractivity contribution in [3.63, 3.8) is 0 Å². The standard InChI is InChI=1S/C16H15ClOS/c1-11-6-7-12(2)16(8-11)19-10-15(18)13-4-3-5-14(17)9-13/h3-9H,10H2,1-2H3. The number of aryl methyl sites for hydroxylation is 2. The van der Waals surface area contributed by atoms with Crippen LogP contribution >= 0.6 is 23.4 Å². The van der Waals surface area contributed by atoms with Gasteiger partial charge in [0.1, 0.15) is 0 Å². The van der Waals surface area contributed by atoms with Crippen molar-refractivity contribution in [2.24, 2.45) is 0 Å². The summed E-state index contributed by atoms with van der Waals surface area (Å²) in [5, 5.41) is 0.600. The fourth-order valence-electron chi connectivity index (χ4n) is 1.75. The maximum Gasteiger partial charge on any atom is 0.173 e. The number of halogens is 1. The van der Waals surface area contributed by atoms with Gasteiger partial charge in [0.25, 0.3) is 0 Å². The Kier molecular flexibility index (Phi) is 4.67. The molecule has 0 radical (unpaired) electrons. The molecule has 0 aliphatic heterocycles. The van der Waals surface area contributed by atoms with E-state index in [1.807, 2.05) is 0 Å². The van der Waals surface area contributed by atoms with E-state index < -0.39 is 0 Å². The molecule has 0 fully saturated rings. The summed E-state index contributed by atoms with van der Waals surface area (Å²) in [4.78, 5) is 13.2. The topological polar surface area (TPSA) is 17.1 Å². The van der Waals surface area contributed by atoms with E-state index >= 15 is 0 Å². The van der Waals surface area contributed by atoms with Crippen LogP contribution in [0.3, 0.4) is 0 Å². The molecule has 0 aromatic heterocycles. The van der Waals surface area contributed by atoms with Crippen LogP contribution in [-0.4, -0.2) is 11.5 Å². The van der Waals surface area contributed by atoms with Gasteiger partial charge >= 0.3 is 0 Å². The lowest BCUT2D eigenvalue weighted by Crippen LogP contribution is -2.02. The molecule has 0 saturated heterocycles. The molecule has 0 N–H and O–H groups in total. The van der Waals surface area contributed by atoms with Gasteiger partial charge < -0.3 is 0 Å². The van der Waals surface area contributed by atoms with Gasteiger partial charge in [-0.15, -0.1) is 11.8 Å². The van der Waals surface area contributed by atoms with Crippen LogP contribution in [0.15, 0.2) is 47.4 Å². The van der Waals surface area contributed by atoms with Crippen LogP contribution in [0.25, 0.3) is 0 Å². The van der Waals surface area contributed by atoms with Gasteiger partial charge in [-0.3, -0.25) is 4.79 Å². The number of rotatable bonds is 4. The van der Waals surface area contributed by atoms with Crippen molar-refractivity contribution in [2.75, 3.05) is 5.75 Å². The lowest BCUT2D eigenvalue weighted by Gasteiger charge is -2.06. The Labute approximate surface area is 123 Å². The van der Waals surface area contributed by atoms with Crippen molar-refractivity contribution in [3.8, 4) is 0 Å². The molecule has 0 amide bonds. The minimum atomic E-state index is 0.105. The Bertz CT molecular complexity index is 607. The molecule has 3 heteroatoms. The highest BCUT2D eigenvalue weighted by Gasteiger charge is 2.08. The summed E-state index contributed by atoms with van der Waals surface area (Å²) < 4.78 is 0. The van der Waals surface area contributed by atoms with Crippen molar-refractivity contribution in [1.29, 1.82) is 0 Å². The van der Waals surface area contributed by atoms with Crippen molar-refractivity contribution in [2.45, 2.75) is 18.7 Å². The lowest BCUT2D eigenvalue weighted by molar-refractivity contribution is 0.102. The monoisotopic (exact) mass is 290 g/mol. The Morgan fingerprint density at radius 2 is 1.95 bits per heavy atom. The second-order valence-corrected chi connectivity index (χ2v) is 5.94. The van der Waals surface area contributed by atoms with E-state index in [4.69, 9.17) is 11.6 Å². The molecule has 1 nitrogen and oxygen atoms in total. The normalized spacial score (nSPS) is 10.5. The number of carbonyl (C=O) groups excluding carboxylic acids is 1. The third-order valence-corrected chi connectivity index (χ3v) is 4.24. The van der Waals surface area contributed by atoms with Crippen LogP contribution in [0.2, 0.25) is 5.02 Å². The van der Waals surface area contributed by atoms with Gasteiger partial charge in [-0.05, 0) is 37.6 Å². The first-order valence-electron chi connectivity index (χ1n) is 6.05. The summed E-state index contributed by atoms with van der Waals surface area (Å²) in [6.07, 6.45) is 0. The van der Waals surface area contributed by atoms with Crippen LogP contribution < -0.4 is 0 Å². The van der Waals surface area contributed by atoms with Crippen molar-refractivity contribution >= 4 is 29.1 Å². The van der Waals surface area contributed by atoms with Crippen LogP contribution in [0, 0.1) is 13.8 Å². The van der Waals surface area contributed by atoms with E-state index in [0.29, 0.717) is 16.3 Å². The van der Waals surface area contributed by atoms with E-state index in [-0.39, 0.29) is 5.78 Å². The molecule has 2 rings (SSSR count). The Morgan fingerprint density at radius 3 is 2.68 bits per heavy atom. The molecular weight excluding hydrogens is 276 g/mol. The number of hydrogen-bond donors (Lipinski definition) is 0. The molecule has 0 saturated carbocycles. The van der Waals surface area contributed by atoms with E-state index in [1.165, 1.54) is 11.1 Å². The zero-order valence-corrected chi connectivity index (χ0v) is 12.5. The molecule has 2 aromatic rings. The van der Waals surface area contributed by atoms with Crippen LogP contribution in [0.5, 0.6) is 0 Å². The van der Waals surface area contributed by atoms with Gasteiger partial charge in [0.15, 0.2) is 5.78 Å². The summed E-state index contributed by atoms with van der Waals surface area (Å²) in [6, 6.07) is 13.4. The summed E-state index contributed by atoms with van der Waals surface area (Å²) in [7, 11) is 0. The number of hydrogen-bond acceptors (Lipinski definition) is 2. The average molecular weight is 291 g/mol. The molecule has 19 heavy (non-hydrogen) atoms. The predicted octanol–water partition coefficient (Wildman–Crippen LogP) is 4.93. The fraction of sp³-hybridized carbons (Fsp3) is 0.188. The molecule has 0 bridgehead atoms. The summed E-state index contributed by atoms with van der Waals surface area (Å²) in [5.41, 5.74) is 3.09. The molecular formula is C16H15ClOS. The number of benzene rings is 2. The van der Waals surface area contributed by atoms with E-state index in [2.05, 4.69) is 32.0 Å². The summed E-state index contributed by atoms with van der Waals surface area (Å²) >= 11 is 7.47. The van der Waals surface area contributed by atoms with Crippen molar-refractivity contribution in [1.82, 2.24) is 0 Å². The van der Waals surface area contributed by atoms with Gasteiger partial charge in [0.2, 0.25) is 0 Å². The maximum absolute atomic E-state index is 12.1. The zero-order chi connectivity index (χ0) is 13.8. The Hall–Kier alpha value is -1.25. The molecule has 0 aliphatic carbocycles. The molecule has 0 heterocycles. The summed E-state index contributed by atoms with van der Waals surface area (Å²) in [6.45, 7) is 4.12.